The Labute approximate surface area is 123 Å². The van der Waals surface area contributed by atoms with Gasteiger partial charge in [-0.1, -0.05) is 48.0 Å². The first-order valence-electron chi connectivity index (χ1n) is 6.93. The first-order valence-corrected chi connectivity index (χ1v) is 6.93. The molecule has 3 aromatic rings. The fourth-order valence-electron chi connectivity index (χ4n) is 2.33. The smallest absolute Gasteiger partial charge is 0.163 e. The van der Waals surface area contributed by atoms with Crippen molar-refractivity contribution in [1.29, 1.82) is 0 Å². The first kappa shape index (κ1) is 13.5. The molecule has 0 bridgehead atoms. The van der Waals surface area contributed by atoms with Crippen LogP contribution in [-0.2, 0) is 13.0 Å². The Morgan fingerprint density at radius 3 is 2.24 bits per heavy atom. The van der Waals surface area contributed by atoms with Crippen LogP contribution in [0.5, 0.6) is 0 Å². The summed E-state index contributed by atoms with van der Waals surface area (Å²) in [6.45, 7) is 1.94. The van der Waals surface area contributed by atoms with Crippen LogP contribution in [-0.4, -0.2) is 19.9 Å². The SMILES string of the molecule is Cc1ccc(Cc2nnc(CO)n2-c2ccccc2)cc1. The molecule has 0 atom stereocenters. The number of para-hydroxylation sites is 1. The molecule has 0 fully saturated rings. The highest BCUT2D eigenvalue weighted by molar-refractivity contribution is 5.35. The highest BCUT2D eigenvalue weighted by atomic mass is 16.3. The lowest BCUT2D eigenvalue weighted by Gasteiger charge is -2.09. The lowest BCUT2D eigenvalue weighted by Crippen LogP contribution is -2.06. The molecule has 2 aromatic carbocycles. The number of aromatic nitrogens is 3. The average Bonchev–Trinajstić information content (AvgIpc) is 2.93. The Balaban J connectivity index is 1.99. The summed E-state index contributed by atoms with van der Waals surface area (Å²) in [5.74, 6) is 1.39. The van der Waals surface area contributed by atoms with Crippen molar-refractivity contribution < 1.29 is 5.11 Å². The van der Waals surface area contributed by atoms with Crippen molar-refractivity contribution in [3.63, 3.8) is 0 Å². The molecule has 0 aliphatic carbocycles. The van der Waals surface area contributed by atoms with E-state index in [1.165, 1.54) is 11.1 Å². The normalized spacial score (nSPS) is 10.8. The van der Waals surface area contributed by atoms with Gasteiger partial charge in [0.2, 0.25) is 0 Å². The molecule has 0 saturated carbocycles. The molecule has 4 heteroatoms. The summed E-state index contributed by atoms with van der Waals surface area (Å²) in [4.78, 5) is 0. The quantitative estimate of drug-likeness (QED) is 0.798. The van der Waals surface area contributed by atoms with E-state index >= 15 is 0 Å². The minimum atomic E-state index is -0.129. The third kappa shape index (κ3) is 2.85. The first-order chi connectivity index (χ1) is 10.3. The van der Waals surface area contributed by atoms with Crippen molar-refractivity contribution in [2.24, 2.45) is 0 Å². The molecule has 1 N–H and O–H groups in total. The molecule has 0 amide bonds. The van der Waals surface area contributed by atoms with Crippen LogP contribution >= 0.6 is 0 Å². The second-order valence-corrected chi connectivity index (χ2v) is 5.02. The molecule has 0 unspecified atom stereocenters. The highest BCUT2D eigenvalue weighted by Crippen LogP contribution is 2.16. The molecule has 0 radical (unpaired) electrons. The molecule has 0 aliphatic rings. The van der Waals surface area contributed by atoms with Gasteiger partial charge in [-0.25, -0.2) is 0 Å². The van der Waals surface area contributed by atoms with Crippen LogP contribution in [0, 0.1) is 6.92 Å². The third-order valence-electron chi connectivity index (χ3n) is 3.44. The maximum absolute atomic E-state index is 9.47. The van der Waals surface area contributed by atoms with Crippen molar-refractivity contribution in [2.45, 2.75) is 20.0 Å². The summed E-state index contributed by atoms with van der Waals surface area (Å²) in [5, 5.41) is 17.8. The molecule has 4 nitrogen and oxygen atoms in total. The maximum Gasteiger partial charge on any atom is 0.163 e. The van der Waals surface area contributed by atoms with Crippen LogP contribution < -0.4 is 0 Å². The van der Waals surface area contributed by atoms with Gasteiger partial charge in [0.1, 0.15) is 12.4 Å². The summed E-state index contributed by atoms with van der Waals surface area (Å²) >= 11 is 0. The molecule has 1 aromatic heterocycles. The van der Waals surface area contributed by atoms with E-state index in [9.17, 15) is 5.11 Å². The summed E-state index contributed by atoms with van der Waals surface area (Å²) in [6, 6.07) is 18.2. The van der Waals surface area contributed by atoms with E-state index in [2.05, 4.69) is 41.4 Å². The minimum Gasteiger partial charge on any atom is -0.388 e. The van der Waals surface area contributed by atoms with Crippen molar-refractivity contribution in [3.05, 3.63) is 77.4 Å². The lowest BCUT2D eigenvalue weighted by molar-refractivity contribution is 0.268. The van der Waals surface area contributed by atoms with Gasteiger partial charge in [-0.2, -0.15) is 0 Å². The Morgan fingerprint density at radius 1 is 0.905 bits per heavy atom. The second kappa shape index (κ2) is 5.89. The van der Waals surface area contributed by atoms with Crippen LogP contribution in [0.3, 0.4) is 0 Å². The molecule has 0 aliphatic heterocycles. The zero-order valence-electron chi connectivity index (χ0n) is 11.9. The zero-order valence-corrected chi connectivity index (χ0v) is 11.9. The van der Waals surface area contributed by atoms with E-state index < -0.39 is 0 Å². The number of nitrogens with zero attached hydrogens (tertiary/aromatic N) is 3. The number of hydrogen-bond acceptors (Lipinski definition) is 3. The van der Waals surface area contributed by atoms with Crippen LogP contribution in [0.4, 0.5) is 0 Å². The van der Waals surface area contributed by atoms with Crippen molar-refractivity contribution >= 4 is 0 Å². The van der Waals surface area contributed by atoms with Gasteiger partial charge in [-0.05, 0) is 24.6 Å². The number of rotatable bonds is 4. The van der Waals surface area contributed by atoms with Crippen LogP contribution in [0.1, 0.15) is 22.8 Å². The van der Waals surface area contributed by atoms with Gasteiger partial charge in [0.15, 0.2) is 5.82 Å². The predicted molar refractivity (Wildman–Crippen MR) is 81.3 cm³/mol. The second-order valence-electron chi connectivity index (χ2n) is 5.02. The Kier molecular flexibility index (Phi) is 3.79. The minimum absolute atomic E-state index is 0.129. The standard InChI is InChI=1S/C17H17N3O/c1-13-7-9-14(10-8-13)11-16-18-19-17(12-21)20(16)15-5-3-2-4-6-15/h2-10,21H,11-12H2,1H3. The number of hydrogen-bond donors (Lipinski definition) is 1. The summed E-state index contributed by atoms with van der Waals surface area (Å²) in [6.07, 6.45) is 0.683. The number of aryl methyl sites for hydroxylation is 1. The Hall–Kier alpha value is -2.46. The Bertz CT molecular complexity index is 718. The van der Waals surface area contributed by atoms with E-state index in [0.717, 1.165) is 11.5 Å². The average molecular weight is 279 g/mol. The zero-order chi connectivity index (χ0) is 14.7. The molecule has 1 heterocycles. The van der Waals surface area contributed by atoms with Crippen LogP contribution in [0.15, 0.2) is 54.6 Å². The van der Waals surface area contributed by atoms with Crippen LogP contribution in [0.2, 0.25) is 0 Å². The molecule has 0 saturated heterocycles. The topological polar surface area (TPSA) is 50.9 Å². The van der Waals surface area contributed by atoms with Crippen molar-refractivity contribution in [3.8, 4) is 5.69 Å². The molecular formula is C17H17N3O. The van der Waals surface area contributed by atoms with Gasteiger partial charge < -0.3 is 5.11 Å². The molecule has 3 rings (SSSR count). The molecule has 106 valence electrons. The predicted octanol–water partition coefficient (Wildman–Crippen LogP) is 2.66. The van der Waals surface area contributed by atoms with E-state index in [0.29, 0.717) is 12.2 Å². The number of aliphatic hydroxyl groups is 1. The maximum atomic E-state index is 9.47. The molecule has 0 spiro atoms. The highest BCUT2D eigenvalue weighted by Gasteiger charge is 2.13. The Morgan fingerprint density at radius 2 is 1.57 bits per heavy atom. The van der Waals surface area contributed by atoms with Gasteiger partial charge in [0.05, 0.1) is 0 Å². The van der Waals surface area contributed by atoms with Gasteiger partial charge in [0.25, 0.3) is 0 Å². The fourth-order valence-corrected chi connectivity index (χ4v) is 2.33. The molecule has 21 heavy (non-hydrogen) atoms. The van der Waals surface area contributed by atoms with E-state index in [-0.39, 0.29) is 6.61 Å². The third-order valence-corrected chi connectivity index (χ3v) is 3.44. The van der Waals surface area contributed by atoms with E-state index in [1.54, 1.807) is 0 Å². The fraction of sp³-hybridized carbons (Fsp3) is 0.176. The van der Waals surface area contributed by atoms with Crippen molar-refractivity contribution in [2.75, 3.05) is 0 Å². The van der Waals surface area contributed by atoms with E-state index in [1.807, 2.05) is 34.9 Å². The van der Waals surface area contributed by atoms with E-state index in [4.69, 9.17) is 0 Å². The largest absolute Gasteiger partial charge is 0.388 e. The van der Waals surface area contributed by atoms with Gasteiger partial charge >= 0.3 is 0 Å². The van der Waals surface area contributed by atoms with Gasteiger partial charge in [0, 0.05) is 12.1 Å². The summed E-state index contributed by atoms with van der Waals surface area (Å²) < 4.78 is 1.92. The monoisotopic (exact) mass is 279 g/mol. The number of benzene rings is 2. The molecular weight excluding hydrogens is 262 g/mol. The van der Waals surface area contributed by atoms with Gasteiger partial charge in [-0.3, -0.25) is 4.57 Å². The van der Waals surface area contributed by atoms with Crippen molar-refractivity contribution in [1.82, 2.24) is 14.8 Å². The van der Waals surface area contributed by atoms with Gasteiger partial charge in [-0.15, -0.1) is 10.2 Å². The number of aliphatic hydroxyl groups excluding tert-OH is 1. The summed E-state index contributed by atoms with van der Waals surface area (Å²) in [7, 11) is 0. The lowest BCUT2D eigenvalue weighted by atomic mass is 10.1. The summed E-state index contributed by atoms with van der Waals surface area (Å²) in [5.41, 5.74) is 3.38. The van der Waals surface area contributed by atoms with Crippen LogP contribution in [0.25, 0.3) is 5.69 Å².